The van der Waals surface area contributed by atoms with E-state index >= 15 is 0 Å². The van der Waals surface area contributed by atoms with Gasteiger partial charge in [-0.2, -0.15) is 0 Å². The quantitative estimate of drug-likeness (QED) is 0.499. The van der Waals surface area contributed by atoms with Crippen molar-refractivity contribution in [3.05, 3.63) is 87.7 Å². The number of hydrogen-bond acceptors (Lipinski definition) is 4. The van der Waals surface area contributed by atoms with Crippen molar-refractivity contribution in [2.45, 2.75) is 25.7 Å². The summed E-state index contributed by atoms with van der Waals surface area (Å²) in [5, 5.41) is 2.96. The van der Waals surface area contributed by atoms with Gasteiger partial charge in [-0.05, 0) is 80.4 Å². The monoisotopic (exact) mass is 507 g/mol. The predicted molar refractivity (Wildman–Crippen MR) is 132 cm³/mol. The molecule has 0 bridgehead atoms. The van der Waals surface area contributed by atoms with E-state index in [0.717, 1.165) is 34.5 Å². The highest BCUT2D eigenvalue weighted by atomic mass is 79.9. The molecule has 1 fully saturated rings. The molecule has 4 rings (SSSR count). The third kappa shape index (κ3) is 5.42. The summed E-state index contributed by atoms with van der Waals surface area (Å²) >= 11 is 3.41. The summed E-state index contributed by atoms with van der Waals surface area (Å²) in [4.78, 5) is 32.5. The van der Waals surface area contributed by atoms with Gasteiger partial charge in [0.05, 0.1) is 18.4 Å². The molecule has 1 saturated heterocycles. The summed E-state index contributed by atoms with van der Waals surface area (Å²) in [6, 6.07) is 18.4. The molecule has 1 aromatic heterocycles. The largest absolute Gasteiger partial charge is 0.497 e. The van der Waals surface area contributed by atoms with E-state index in [-0.39, 0.29) is 17.7 Å². The van der Waals surface area contributed by atoms with Crippen LogP contribution in [0.25, 0.3) is 0 Å². The van der Waals surface area contributed by atoms with Gasteiger partial charge in [0.2, 0.25) is 0 Å². The number of hydrogen-bond donors (Lipinski definition) is 1. The number of pyridine rings is 1. The number of halogens is 1. The minimum atomic E-state index is -0.184. The molecule has 6 nitrogen and oxygen atoms in total. The lowest BCUT2D eigenvalue weighted by atomic mass is 9.89. The van der Waals surface area contributed by atoms with Gasteiger partial charge in [-0.3, -0.25) is 14.6 Å². The van der Waals surface area contributed by atoms with Gasteiger partial charge in [0.1, 0.15) is 5.75 Å². The Hall–Kier alpha value is -3.19. The predicted octanol–water partition coefficient (Wildman–Crippen LogP) is 5.43. The Morgan fingerprint density at radius 2 is 1.67 bits per heavy atom. The molecule has 1 N–H and O–H groups in total. The molecule has 0 atom stereocenters. The lowest BCUT2D eigenvalue weighted by molar-refractivity contribution is 0.0711. The lowest BCUT2D eigenvalue weighted by Gasteiger charge is -2.32. The molecule has 3 aromatic rings. The zero-order chi connectivity index (χ0) is 23.4. The van der Waals surface area contributed by atoms with E-state index in [4.69, 9.17) is 9.72 Å². The third-order valence-electron chi connectivity index (χ3n) is 5.92. The Bertz CT molecular complexity index is 1140. The highest BCUT2D eigenvalue weighted by Gasteiger charge is 2.28. The highest BCUT2D eigenvalue weighted by molar-refractivity contribution is 9.10. The first-order chi connectivity index (χ1) is 15.9. The normalized spacial score (nSPS) is 14.1. The molecule has 7 heteroatoms. The zero-order valence-electron chi connectivity index (χ0n) is 18.7. The Balaban J connectivity index is 1.46. The molecule has 2 amide bonds. The molecule has 170 valence electrons. The molecule has 1 aliphatic rings. The first-order valence-electron chi connectivity index (χ1n) is 10.9. The minimum absolute atomic E-state index is 0.0376. The molecule has 0 spiro atoms. The molecular formula is C26H26BrN3O3. The van der Waals surface area contributed by atoms with Crippen LogP contribution in [0.1, 0.15) is 50.9 Å². The van der Waals surface area contributed by atoms with Crippen molar-refractivity contribution in [2.75, 3.05) is 25.5 Å². The lowest BCUT2D eigenvalue weighted by Crippen LogP contribution is -2.38. The van der Waals surface area contributed by atoms with Crippen molar-refractivity contribution < 1.29 is 14.3 Å². The number of carbonyl (C=O) groups excluding carboxylic acids is 2. The van der Waals surface area contributed by atoms with E-state index in [2.05, 4.69) is 21.2 Å². The molecule has 1 aliphatic heterocycles. The average Bonchev–Trinajstić information content (AvgIpc) is 2.84. The summed E-state index contributed by atoms with van der Waals surface area (Å²) < 4.78 is 6.12. The zero-order valence-corrected chi connectivity index (χ0v) is 20.3. The van der Waals surface area contributed by atoms with Gasteiger partial charge in [-0.25, -0.2) is 0 Å². The molecule has 2 heterocycles. The van der Waals surface area contributed by atoms with Gasteiger partial charge < -0.3 is 15.0 Å². The number of amides is 2. The second-order valence-corrected chi connectivity index (χ2v) is 9.06. The first-order valence-corrected chi connectivity index (χ1v) is 11.7. The van der Waals surface area contributed by atoms with E-state index in [1.165, 1.54) is 0 Å². The van der Waals surface area contributed by atoms with Crippen LogP contribution in [-0.2, 0) is 0 Å². The Kier molecular flexibility index (Phi) is 7.08. The van der Waals surface area contributed by atoms with Gasteiger partial charge in [0, 0.05) is 40.4 Å². The number of ether oxygens (including phenoxy) is 1. The van der Waals surface area contributed by atoms with E-state index in [9.17, 15) is 9.59 Å². The fourth-order valence-corrected chi connectivity index (χ4v) is 4.35. The summed E-state index contributed by atoms with van der Waals surface area (Å²) in [5.41, 5.74) is 3.64. The van der Waals surface area contributed by atoms with Crippen molar-refractivity contribution in [1.82, 2.24) is 9.88 Å². The number of likely N-dealkylation sites (tertiary alicyclic amines) is 1. The number of aryl methyl sites for hydroxylation is 1. The van der Waals surface area contributed by atoms with Gasteiger partial charge in [0.15, 0.2) is 0 Å². The van der Waals surface area contributed by atoms with Crippen LogP contribution >= 0.6 is 15.9 Å². The number of anilines is 1. The smallest absolute Gasteiger partial charge is 0.257 e. The molecule has 0 unspecified atom stereocenters. The maximum absolute atomic E-state index is 13.1. The number of aromatic nitrogens is 1. The fraction of sp³-hybridized carbons (Fsp3) is 0.269. The molecule has 2 aromatic carbocycles. The van der Waals surface area contributed by atoms with Crippen LogP contribution in [0.5, 0.6) is 5.75 Å². The van der Waals surface area contributed by atoms with Crippen molar-refractivity contribution in [3.63, 3.8) is 0 Å². The Labute approximate surface area is 202 Å². The molecular weight excluding hydrogens is 482 g/mol. The summed E-state index contributed by atoms with van der Waals surface area (Å²) in [6.45, 7) is 3.20. The van der Waals surface area contributed by atoms with Crippen LogP contribution in [0.15, 0.2) is 65.1 Å². The third-order valence-corrected chi connectivity index (χ3v) is 6.45. The summed E-state index contributed by atoms with van der Waals surface area (Å²) in [5.74, 6) is 0.706. The molecule has 0 radical (unpaired) electrons. The second kappa shape index (κ2) is 10.2. The van der Waals surface area contributed by atoms with Crippen LogP contribution in [0.2, 0.25) is 0 Å². The van der Waals surface area contributed by atoms with Crippen molar-refractivity contribution in [2.24, 2.45) is 0 Å². The number of rotatable bonds is 5. The first kappa shape index (κ1) is 23.0. The van der Waals surface area contributed by atoms with Crippen LogP contribution in [0, 0.1) is 6.92 Å². The number of nitrogens with one attached hydrogen (secondary N) is 1. The van der Waals surface area contributed by atoms with E-state index in [1.807, 2.05) is 72.5 Å². The number of piperidine rings is 1. The van der Waals surface area contributed by atoms with E-state index in [1.54, 1.807) is 7.11 Å². The maximum atomic E-state index is 13.1. The van der Waals surface area contributed by atoms with Crippen molar-refractivity contribution >= 4 is 33.4 Å². The average molecular weight is 508 g/mol. The molecule has 33 heavy (non-hydrogen) atoms. The van der Waals surface area contributed by atoms with Gasteiger partial charge >= 0.3 is 0 Å². The second-order valence-electron chi connectivity index (χ2n) is 8.14. The van der Waals surface area contributed by atoms with E-state index in [0.29, 0.717) is 29.9 Å². The maximum Gasteiger partial charge on any atom is 0.257 e. The van der Waals surface area contributed by atoms with Crippen LogP contribution in [0.3, 0.4) is 0 Å². The van der Waals surface area contributed by atoms with Gasteiger partial charge in [0.25, 0.3) is 11.8 Å². The number of benzene rings is 2. The topological polar surface area (TPSA) is 71.5 Å². The SMILES string of the molecule is COc1ccc(NC(=O)c2ccc(C)nc2C2CCN(C(=O)c3ccc(Br)cc3)CC2)cc1. The van der Waals surface area contributed by atoms with Gasteiger partial charge in [-0.15, -0.1) is 0 Å². The van der Waals surface area contributed by atoms with Crippen LogP contribution in [-0.4, -0.2) is 41.9 Å². The number of methoxy groups -OCH3 is 1. The molecule has 0 aliphatic carbocycles. The van der Waals surface area contributed by atoms with E-state index < -0.39 is 0 Å². The highest BCUT2D eigenvalue weighted by Crippen LogP contribution is 2.31. The Morgan fingerprint density at radius 3 is 2.30 bits per heavy atom. The minimum Gasteiger partial charge on any atom is -0.497 e. The van der Waals surface area contributed by atoms with Crippen LogP contribution < -0.4 is 10.1 Å². The number of nitrogens with zero attached hydrogens (tertiary/aromatic N) is 2. The molecule has 0 saturated carbocycles. The summed E-state index contributed by atoms with van der Waals surface area (Å²) in [7, 11) is 1.61. The van der Waals surface area contributed by atoms with Crippen molar-refractivity contribution in [1.29, 1.82) is 0 Å². The Morgan fingerprint density at radius 1 is 1.00 bits per heavy atom. The van der Waals surface area contributed by atoms with Crippen LogP contribution in [0.4, 0.5) is 5.69 Å². The fourth-order valence-electron chi connectivity index (χ4n) is 4.08. The number of carbonyl (C=O) groups is 2. The standard InChI is InChI=1S/C26H26BrN3O3/c1-17-3-12-23(25(31)29-21-8-10-22(33-2)11-9-21)24(28-17)18-13-15-30(16-14-18)26(32)19-4-6-20(27)7-5-19/h3-12,18H,13-16H2,1-2H3,(H,29,31). The summed E-state index contributed by atoms with van der Waals surface area (Å²) in [6.07, 6.45) is 1.53. The van der Waals surface area contributed by atoms with Gasteiger partial charge in [-0.1, -0.05) is 15.9 Å². The van der Waals surface area contributed by atoms with Crippen molar-refractivity contribution in [3.8, 4) is 5.75 Å².